The zero-order chi connectivity index (χ0) is 11.3. The van der Waals surface area contributed by atoms with Crippen molar-refractivity contribution in [1.29, 1.82) is 0 Å². The van der Waals surface area contributed by atoms with E-state index < -0.39 is 6.10 Å². The Balaban J connectivity index is 2.11. The lowest BCUT2D eigenvalue weighted by Gasteiger charge is -2.03. The van der Waals surface area contributed by atoms with E-state index in [-0.39, 0.29) is 0 Å². The van der Waals surface area contributed by atoms with E-state index in [0.29, 0.717) is 11.7 Å². The Morgan fingerprint density at radius 1 is 1.38 bits per heavy atom. The molecule has 0 radical (unpaired) electrons. The number of benzene rings is 1. The molecule has 1 N–H and O–H groups in total. The maximum Gasteiger partial charge on any atom is 0.137 e. The van der Waals surface area contributed by atoms with Crippen LogP contribution in [0.5, 0.6) is 0 Å². The van der Waals surface area contributed by atoms with Crippen LogP contribution in [0.4, 0.5) is 0 Å². The third-order valence-corrected chi connectivity index (χ3v) is 3.60. The Morgan fingerprint density at radius 3 is 2.81 bits per heavy atom. The van der Waals surface area contributed by atoms with E-state index in [1.54, 1.807) is 0 Å². The minimum Gasteiger partial charge on any atom is -0.458 e. The predicted octanol–water partition coefficient (Wildman–Crippen LogP) is 3.95. The van der Waals surface area contributed by atoms with E-state index in [4.69, 9.17) is 4.42 Å². The van der Waals surface area contributed by atoms with Gasteiger partial charge >= 0.3 is 0 Å². The number of hydrogen-bond acceptors (Lipinski definition) is 2. The largest absolute Gasteiger partial charge is 0.458 e. The highest BCUT2D eigenvalue weighted by Crippen LogP contribution is 2.42. The fourth-order valence-electron chi connectivity index (χ4n) is 2.09. The fraction of sp³-hybridized carbons (Fsp3) is 0.385. The molecule has 0 amide bonds. The van der Waals surface area contributed by atoms with Gasteiger partial charge in [-0.25, -0.2) is 0 Å². The summed E-state index contributed by atoms with van der Waals surface area (Å²) in [6, 6.07) is 6.00. The molecule has 84 valence electrons. The highest BCUT2D eigenvalue weighted by Gasteiger charge is 2.33. The number of aliphatic hydroxyl groups excluding tert-OH is 1. The first kappa shape index (κ1) is 10.4. The first-order valence-electron chi connectivity index (χ1n) is 5.53. The number of fused-ring (bicyclic) bond motifs is 1. The SMILES string of the molecule is Cc1cc(Br)cc2cc(C(O)C3CC3)oc12. The number of rotatable bonds is 2. The third kappa shape index (κ3) is 1.68. The van der Waals surface area contributed by atoms with Gasteiger partial charge in [0.05, 0.1) is 0 Å². The molecule has 1 aromatic carbocycles. The monoisotopic (exact) mass is 280 g/mol. The van der Waals surface area contributed by atoms with Crippen LogP contribution in [-0.4, -0.2) is 5.11 Å². The van der Waals surface area contributed by atoms with Crippen molar-refractivity contribution >= 4 is 26.9 Å². The zero-order valence-electron chi connectivity index (χ0n) is 9.03. The van der Waals surface area contributed by atoms with E-state index in [2.05, 4.69) is 15.9 Å². The van der Waals surface area contributed by atoms with Crippen molar-refractivity contribution in [1.82, 2.24) is 0 Å². The molecule has 1 fully saturated rings. The van der Waals surface area contributed by atoms with E-state index >= 15 is 0 Å². The Hall–Kier alpha value is -0.800. The molecule has 0 spiro atoms. The Bertz CT molecular complexity index is 540. The van der Waals surface area contributed by atoms with Crippen LogP contribution >= 0.6 is 15.9 Å². The van der Waals surface area contributed by atoms with Crippen LogP contribution in [0.15, 0.2) is 27.1 Å². The molecule has 0 aliphatic heterocycles. The summed E-state index contributed by atoms with van der Waals surface area (Å²) in [6.07, 6.45) is 1.80. The van der Waals surface area contributed by atoms with Gasteiger partial charge in [-0.1, -0.05) is 15.9 Å². The van der Waals surface area contributed by atoms with Crippen LogP contribution in [0, 0.1) is 12.8 Å². The Kier molecular flexibility index (Phi) is 2.33. The molecule has 2 aromatic rings. The summed E-state index contributed by atoms with van der Waals surface area (Å²) >= 11 is 3.47. The fourth-order valence-corrected chi connectivity index (χ4v) is 2.68. The van der Waals surface area contributed by atoms with Crippen molar-refractivity contribution in [3.05, 3.63) is 34.0 Å². The average Bonchev–Trinajstić information content (AvgIpc) is 2.97. The number of aryl methyl sites for hydroxylation is 1. The molecule has 1 unspecified atom stereocenters. The minimum absolute atomic E-state index is 0.407. The van der Waals surface area contributed by atoms with Crippen molar-refractivity contribution in [3.63, 3.8) is 0 Å². The summed E-state index contributed by atoms with van der Waals surface area (Å²) in [4.78, 5) is 0. The molecule has 1 atom stereocenters. The van der Waals surface area contributed by atoms with Gasteiger partial charge in [-0.15, -0.1) is 0 Å². The van der Waals surface area contributed by atoms with E-state index in [1.807, 2.05) is 25.1 Å². The molecule has 3 rings (SSSR count). The second-order valence-corrected chi connectivity index (χ2v) is 5.49. The molecule has 3 heteroatoms. The first-order valence-corrected chi connectivity index (χ1v) is 6.32. The topological polar surface area (TPSA) is 33.4 Å². The van der Waals surface area contributed by atoms with Gasteiger partial charge in [0.25, 0.3) is 0 Å². The third-order valence-electron chi connectivity index (χ3n) is 3.15. The molecule has 1 saturated carbocycles. The molecule has 2 nitrogen and oxygen atoms in total. The average molecular weight is 281 g/mol. The minimum atomic E-state index is -0.425. The molecule has 1 aromatic heterocycles. The summed E-state index contributed by atoms with van der Waals surface area (Å²) < 4.78 is 6.79. The lowest BCUT2D eigenvalue weighted by atomic mass is 10.1. The summed E-state index contributed by atoms with van der Waals surface area (Å²) in [5.74, 6) is 1.11. The van der Waals surface area contributed by atoms with Crippen LogP contribution in [0.2, 0.25) is 0 Å². The van der Waals surface area contributed by atoms with Crippen molar-refractivity contribution < 1.29 is 9.52 Å². The molecule has 1 heterocycles. The maximum atomic E-state index is 10.0. The van der Waals surface area contributed by atoms with Gasteiger partial charge in [0.2, 0.25) is 0 Å². The quantitative estimate of drug-likeness (QED) is 0.904. The maximum absolute atomic E-state index is 10.0. The lowest BCUT2D eigenvalue weighted by Crippen LogP contribution is -1.96. The normalized spacial score (nSPS) is 17.9. The highest BCUT2D eigenvalue weighted by atomic mass is 79.9. The van der Waals surface area contributed by atoms with Gasteiger partial charge in [0.1, 0.15) is 17.4 Å². The number of furan rings is 1. The van der Waals surface area contributed by atoms with E-state index in [1.165, 1.54) is 0 Å². The predicted molar refractivity (Wildman–Crippen MR) is 66.3 cm³/mol. The second-order valence-electron chi connectivity index (χ2n) is 4.57. The molecular formula is C13H13BrO2. The standard InChI is InChI=1S/C13H13BrO2/c1-7-4-10(14)5-9-6-11(16-13(7)9)12(15)8-2-3-8/h4-6,8,12,15H,2-3H2,1H3. The summed E-state index contributed by atoms with van der Waals surface area (Å²) in [7, 11) is 0. The zero-order valence-corrected chi connectivity index (χ0v) is 10.6. The van der Waals surface area contributed by atoms with Crippen LogP contribution in [0.1, 0.15) is 30.3 Å². The number of halogens is 1. The summed E-state index contributed by atoms with van der Waals surface area (Å²) in [5, 5.41) is 11.1. The van der Waals surface area contributed by atoms with Gasteiger partial charge in [0.15, 0.2) is 0 Å². The van der Waals surface area contributed by atoms with Crippen LogP contribution in [0.25, 0.3) is 11.0 Å². The molecular weight excluding hydrogens is 268 g/mol. The van der Waals surface area contributed by atoms with E-state index in [9.17, 15) is 5.11 Å². The second kappa shape index (κ2) is 3.60. The lowest BCUT2D eigenvalue weighted by molar-refractivity contribution is 0.129. The van der Waals surface area contributed by atoms with Crippen molar-refractivity contribution in [2.24, 2.45) is 5.92 Å². The van der Waals surface area contributed by atoms with E-state index in [0.717, 1.165) is 33.8 Å². The molecule has 16 heavy (non-hydrogen) atoms. The van der Waals surface area contributed by atoms with Gasteiger partial charge < -0.3 is 9.52 Å². The summed E-state index contributed by atoms with van der Waals surface area (Å²) in [6.45, 7) is 2.02. The van der Waals surface area contributed by atoms with Crippen molar-refractivity contribution in [2.75, 3.05) is 0 Å². The Labute approximate surface area is 102 Å². The van der Waals surface area contributed by atoms with Gasteiger partial charge in [-0.2, -0.15) is 0 Å². The first-order chi connectivity index (χ1) is 7.65. The summed E-state index contributed by atoms with van der Waals surface area (Å²) in [5.41, 5.74) is 1.98. The van der Waals surface area contributed by atoms with Gasteiger partial charge in [-0.05, 0) is 49.4 Å². The molecule has 1 aliphatic carbocycles. The molecule has 0 bridgehead atoms. The number of hydrogen-bond donors (Lipinski definition) is 1. The number of aliphatic hydroxyl groups is 1. The van der Waals surface area contributed by atoms with Gasteiger partial charge in [0, 0.05) is 9.86 Å². The van der Waals surface area contributed by atoms with Crippen LogP contribution < -0.4 is 0 Å². The van der Waals surface area contributed by atoms with Gasteiger partial charge in [-0.3, -0.25) is 0 Å². The smallest absolute Gasteiger partial charge is 0.137 e. The van der Waals surface area contributed by atoms with Crippen LogP contribution in [-0.2, 0) is 0 Å². The Morgan fingerprint density at radius 2 is 2.12 bits per heavy atom. The van der Waals surface area contributed by atoms with Crippen LogP contribution in [0.3, 0.4) is 0 Å². The van der Waals surface area contributed by atoms with Crippen molar-refractivity contribution in [3.8, 4) is 0 Å². The highest BCUT2D eigenvalue weighted by molar-refractivity contribution is 9.10. The molecule has 1 aliphatic rings. The van der Waals surface area contributed by atoms with Crippen molar-refractivity contribution in [2.45, 2.75) is 25.9 Å². The molecule has 0 saturated heterocycles.